The molecule has 0 saturated heterocycles. The van der Waals surface area contributed by atoms with Gasteiger partial charge < -0.3 is 15.2 Å². The fourth-order valence-electron chi connectivity index (χ4n) is 0.964. The molecule has 1 aromatic heterocycles. The average molecular weight is 210 g/mol. The van der Waals surface area contributed by atoms with E-state index >= 15 is 0 Å². The van der Waals surface area contributed by atoms with Crippen LogP contribution >= 0.6 is 0 Å². The molecule has 0 aromatic carbocycles. The van der Waals surface area contributed by atoms with E-state index in [1.807, 2.05) is 13.8 Å². The number of nitrogens with two attached hydrogens (primary N) is 1. The van der Waals surface area contributed by atoms with Crippen molar-refractivity contribution in [2.24, 2.45) is 0 Å². The Morgan fingerprint density at radius 2 is 2.07 bits per heavy atom. The quantitative estimate of drug-likeness (QED) is 0.828. The second-order valence-corrected chi connectivity index (χ2v) is 3.96. The summed E-state index contributed by atoms with van der Waals surface area (Å²) in [6.07, 6.45) is 0.880. The molecule has 0 radical (unpaired) electrons. The van der Waals surface area contributed by atoms with Gasteiger partial charge in [-0.15, -0.1) is 0 Å². The zero-order valence-electron chi connectivity index (χ0n) is 9.70. The Labute approximate surface area is 90.4 Å². The standard InChI is InChI=1S/C11H18N2O2/c1-5-11(2,3)15-10-8(12)6-7-9(13-10)14-4/h6-7H,5,12H2,1-4H3. The molecule has 1 heterocycles. The van der Waals surface area contributed by atoms with Gasteiger partial charge in [-0.1, -0.05) is 6.92 Å². The number of nitrogen functional groups attached to an aromatic ring is 1. The molecule has 0 aliphatic carbocycles. The third-order valence-electron chi connectivity index (χ3n) is 2.30. The number of methoxy groups -OCH3 is 1. The summed E-state index contributed by atoms with van der Waals surface area (Å²) in [5.41, 5.74) is 6.02. The highest BCUT2D eigenvalue weighted by Crippen LogP contribution is 2.26. The van der Waals surface area contributed by atoms with Crippen molar-refractivity contribution in [3.05, 3.63) is 12.1 Å². The van der Waals surface area contributed by atoms with Gasteiger partial charge >= 0.3 is 0 Å². The van der Waals surface area contributed by atoms with Gasteiger partial charge in [-0.2, -0.15) is 4.98 Å². The van der Waals surface area contributed by atoms with Crippen LogP contribution < -0.4 is 15.2 Å². The Hall–Kier alpha value is -1.45. The summed E-state index contributed by atoms with van der Waals surface area (Å²) in [6, 6.07) is 3.44. The molecule has 4 heteroatoms. The van der Waals surface area contributed by atoms with E-state index in [0.29, 0.717) is 17.4 Å². The molecular weight excluding hydrogens is 192 g/mol. The molecule has 0 amide bonds. The minimum Gasteiger partial charge on any atom is -0.481 e. The zero-order valence-corrected chi connectivity index (χ0v) is 9.70. The van der Waals surface area contributed by atoms with Crippen molar-refractivity contribution in [1.82, 2.24) is 4.98 Å². The molecule has 15 heavy (non-hydrogen) atoms. The number of pyridine rings is 1. The molecule has 0 spiro atoms. The predicted octanol–water partition coefficient (Wildman–Crippen LogP) is 2.24. The number of anilines is 1. The van der Waals surface area contributed by atoms with E-state index < -0.39 is 0 Å². The zero-order chi connectivity index (χ0) is 11.5. The SMILES string of the molecule is CCC(C)(C)Oc1nc(OC)ccc1N. The lowest BCUT2D eigenvalue weighted by Gasteiger charge is -2.24. The van der Waals surface area contributed by atoms with Crippen LogP contribution in [0.4, 0.5) is 5.69 Å². The summed E-state index contributed by atoms with van der Waals surface area (Å²) < 4.78 is 10.7. The van der Waals surface area contributed by atoms with Crippen LogP contribution in [0.2, 0.25) is 0 Å². The van der Waals surface area contributed by atoms with E-state index in [-0.39, 0.29) is 5.60 Å². The lowest BCUT2D eigenvalue weighted by molar-refractivity contribution is 0.0992. The number of aromatic nitrogens is 1. The van der Waals surface area contributed by atoms with E-state index in [9.17, 15) is 0 Å². The molecule has 2 N–H and O–H groups in total. The third-order valence-corrected chi connectivity index (χ3v) is 2.30. The maximum absolute atomic E-state index is 5.76. The number of hydrogen-bond donors (Lipinski definition) is 1. The number of nitrogens with zero attached hydrogens (tertiary/aromatic N) is 1. The van der Waals surface area contributed by atoms with Crippen LogP contribution in [0.15, 0.2) is 12.1 Å². The minimum absolute atomic E-state index is 0.270. The van der Waals surface area contributed by atoms with Gasteiger partial charge in [0.25, 0.3) is 0 Å². The van der Waals surface area contributed by atoms with Crippen LogP contribution in [0.3, 0.4) is 0 Å². The monoisotopic (exact) mass is 210 g/mol. The van der Waals surface area contributed by atoms with E-state index in [2.05, 4.69) is 11.9 Å². The highest BCUT2D eigenvalue weighted by Gasteiger charge is 2.19. The summed E-state index contributed by atoms with van der Waals surface area (Å²) in [6.45, 7) is 6.04. The summed E-state index contributed by atoms with van der Waals surface area (Å²) in [4.78, 5) is 4.15. The molecule has 0 atom stereocenters. The largest absolute Gasteiger partial charge is 0.481 e. The Morgan fingerprint density at radius 1 is 1.40 bits per heavy atom. The van der Waals surface area contributed by atoms with Crippen LogP contribution in [0.25, 0.3) is 0 Å². The van der Waals surface area contributed by atoms with Crippen molar-refractivity contribution in [2.45, 2.75) is 32.8 Å². The Kier molecular flexibility index (Phi) is 3.39. The summed E-state index contributed by atoms with van der Waals surface area (Å²) in [5.74, 6) is 0.937. The van der Waals surface area contributed by atoms with Crippen LogP contribution in [0.1, 0.15) is 27.2 Å². The van der Waals surface area contributed by atoms with Gasteiger partial charge in [0.2, 0.25) is 11.8 Å². The van der Waals surface area contributed by atoms with Gasteiger partial charge in [0.05, 0.1) is 12.8 Å². The molecule has 0 unspecified atom stereocenters. The Bertz CT molecular complexity index is 337. The predicted molar refractivity (Wildman–Crippen MR) is 60.2 cm³/mol. The third kappa shape index (κ3) is 3.01. The highest BCUT2D eigenvalue weighted by molar-refractivity contribution is 5.49. The average Bonchev–Trinajstić information content (AvgIpc) is 2.21. The normalized spacial score (nSPS) is 11.2. The van der Waals surface area contributed by atoms with Gasteiger partial charge in [0, 0.05) is 6.07 Å². The van der Waals surface area contributed by atoms with Gasteiger partial charge in [0.1, 0.15) is 5.60 Å². The fraction of sp³-hybridized carbons (Fsp3) is 0.545. The van der Waals surface area contributed by atoms with Gasteiger partial charge in [-0.25, -0.2) is 0 Å². The first kappa shape index (κ1) is 11.6. The first-order valence-corrected chi connectivity index (χ1v) is 4.98. The lowest BCUT2D eigenvalue weighted by atomic mass is 10.1. The molecular formula is C11H18N2O2. The second-order valence-electron chi connectivity index (χ2n) is 3.96. The van der Waals surface area contributed by atoms with Crippen molar-refractivity contribution >= 4 is 5.69 Å². The van der Waals surface area contributed by atoms with Crippen molar-refractivity contribution in [1.29, 1.82) is 0 Å². The Morgan fingerprint density at radius 3 is 2.60 bits per heavy atom. The minimum atomic E-state index is -0.270. The topological polar surface area (TPSA) is 57.4 Å². The smallest absolute Gasteiger partial charge is 0.241 e. The molecule has 1 aromatic rings. The first-order chi connectivity index (χ1) is 6.98. The van der Waals surface area contributed by atoms with Crippen LogP contribution in [-0.4, -0.2) is 17.7 Å². The number of rotatable bonds is 4. The summed E-state index contributed by atoms with van der Waals surface area (Å²) in [5, 5.41) is 0. The van der Waals surface area contributed by atoms with E-state index in [0.717, 1.165) is 6.42 Å². The van der Waals surface area contributed by atoms with Crippen LogP contribution in [0, 0.1) is 0 Å². The van der Waals surface area contributed by atoms with Gasteiger partial charge in [-0.3, -0.25) is 0 Å². The highest BCUT2D eigenvalue weighted by atomic mass is 16.5. The summed E-state index contributed by atoms with van der Waals surface area (Å²) in [7, 11) is 1.56. The van der Waals surface area contributed by atoms with E-state index in [4.69, 9.17) is 15.2 Å². The maximum atomic E-state index is 5.76. The van der Waals surface area contributed by atoms with Crippen molar-refractivity contribution < 1.29 is 9.47 Å². The summed E-state index contributed by atoms with van der Waals surface area (Å²) >= 11 is 0. The number of hydrogen-bond acceptors (Lipinski definition) is 4. The maximum Gasteiger partial charge on any atom is 0.241 e. The van der Waals surface area contributed by atoms with E-state index in [1.54, 1.807) is 19.2 Å². The Balaban J connectivity index is 2.93. The second kappa shape index (κ2) is 4.38. The molecule has 84 valence electrons. The molecule has 1 rings (SSSR count). The van der Waals surface area contributed by atoms with Crippen LogP contribution in [0.5, 0.6) is 11.8 Å². The molecule has 4 nitrogen and oxygen atoms in total. The number of ether oxygens (including phenoxy) is 2. The molecule has 0 fully saturated rings. The molecule has 0 bridgehead atoms. The first-order valence-electron chi connectivity index (χ1n) is 4.98. The molecule has 0 aliphatic heterocycles. The van der Waals surface area contributed by atoms with Crippen LogP contribution in [-0.2, 0) is 0 Å². The van der Waals surface area contributed by atoms with E-state index in [1.165, 1.54) is 0 Å². The van der Waals surface area contributed by atoms with Crippen molar-refractivity contribution in [3.8, 4) is 11.8 Å². The van der Waals surface area contributed by atoms with Gasteiger partial charge in [0.15, 0.2) is 0 Å². The lowest BCUT2D eigenvalue weighted by Crippen LogP contribution is -2.27. The molecule has 0 aliphatic rings. The van der Waals surface area contributed by atoms with Crippen molar-refractivity contribution in [2.75, 3.05) is 12.8 Å². The fourth-order valence-corrected chi connectivity index (χ4v) is 0.964. The van der Waals surface area contributed by atoms with Crippen molar-refractivity contribution in [3.63, 3.8) is 0 Å². The van der Waals surface area contributed by atoms with Gasteiger partial charge in [-0.05, 0) is 26.3 Å². The molecule has 0 saturated carbocycles.